The van der Waals surface area contributed by atoms with Crippen LogP contribution in [0, 0.1) is 11.8 Å². The molecule has 1 saturated heterocycles. The smallest absolute Gasteiger partial charge is 0.325 e. The maximum atomic E-state index is 14.0. The predicted molar refractivity (Wildman–Crippen MR) is 172 cm³/mol. The molecule has 3 amide bonds. The molecule has 1 fully saturated rings. The highest BCUT2D eigenvalue weighted by Crippen LogP contribution is 2.20. The van der Waals surface area contributed by atoms with Crippen LogP contribution in [0.5, 0.6) is 5.75 Å². The number of hydrogen-bond donors (Lipinski definition) is 4. The average Bonchev–Trinajstić information content (AvgIpc) is 3.04. The minimum Gasteiger partial charge on any atom is -0.508 e. The topological polar surface area (TPSA) is 146 Å². The van der Waals surface area contributed by atoms with Gasteiger partial charge in [0.15, 0.2) is 0 Å². The van der Waals surface area contributed by atoms with Crippen molar-refractivity contribution in [1.82, 2.24) is 21.1 Å². The number of nitrogens with one attached hydrogen (secondary N) is 3. The van der Waals surface area contributed by atoms with E-state index in [1.165, 1.54) is 17.1 Å². The predicted octanol–water partition coefficient (Wildman–Crippen LogP) is 3.18. The first-order chi connectivity index (χ1) is 22.0. The van der Waals surface area contributed by atoms with Crippen molar-refractivity contribution in [2.24, 2.45) is 11.8 Å². The Kier molecular flexibility index (Phi) is 12.6. The van der Waals surface area contributed by atoms with Crippen molar-refractivity contribution in [3.05, 3.63) is 65.2 Å². The Morgan fingerprint density at radius 2 is 1.72 bits per heavy atom. The van der Waals surface area contributed by atoms with Gasteiger partial charge in [0.1, 0.15) is 30.5 Å². The van der Waals surface area contributed by atoms with Crippen LogP contribution in [0.15, 0.2) is 48.5 Å². The molecular formula is C35H48N4O7. The van der Waals surface area contributed by atoms with E-state index in [9.17, 15) is 24.3 Å². The van der Waals surface area contributed by atoms with Crippen molar-refractivity contribution in [2.75, 3.05) is 13.7 Å². The summed E-state index contributed by atoms with van der Waals surface area (Å²) in [5.41, 5.74) is 5.67. The third kappa shape index (κ3) is 9.53. The molecule has 11 heteroatoms. The van der Waals surface area contributed by atoms with E-state index < -0.39 is 41.8 Å². The van der Waals surface area contributed by atoms with Gasteiger partial charge in [-0.2, -0.15) is 0 Å². The minimum absolute atomic E-state index is 0.0353. The van der Waals surface area contributed by atoms with E-state index in [0.717, 1.165) is 30.4 Å². The number of aryl methyl sites for hydroxylation is 1. The molecule has 2 aromatic rings. The van der Waals surface area contributed by atoms with Gasteiger partial charge in [0.2, 0.25) is 11.8 Å². The molecule has 4 rings (SSSR count). The molecule has 11 nitrogen and oxygen atoms in total. The van der Waals surface area contributed by atoms with Gasteiger partial charge < -0.3 is 25.2 Å². The van der Waals surface area contributed by atoms with Crippen LogP contribution in [0.4, 0.5) is 0 Å². The summed E-state index contributed by atoms with van der Waals surface area (Å²) in [5.74, 6) is -2.44. The maximum Gasteiger partial charge on any atom is 0.325 e. The van der Waals surface area contributed by atoms with E-state index in [0.29, 0.717) is 31.4 Å². The zero-order valence-corrected chi connectivity index (χ0v) is 27.3. The number of hydrazine groups is 1. The lowest BCUT2D eigenvalue weighted by Gasteiger charge is -2.35. The zero-order chi connectivity index (χ0) is 33.2. The van der Waals surface area contributed by atoms with Crippen molar-refractivity contribution in [3.63, 3.8) is 0 Å². The van der Waals surface area contributed by atoms with Crippen LogP contribution in [-0.2, 0) is 48.1 Å². The molecular weight excluding hydrogens is 588 g/mol. The Bertz CT molecular complexity index is 1370. The van der Waals surface area contributed by atoms with Crippen LogP contribution >= 0.6 is 0 Å². The van der Waals surface area contributed by atoms with Gasteiger partial charge in [0.05, 0.1) is 12.0 Å². The highest BCUT2D eigenvalue weighted by atomic mass is 16.5. The Hall–Kier alpha value is -3.96. The number of amides is 3. The molecule has 250 valence electrons. The molecule has 0 unspecified atom stereocenters. The molecule has 4 bridgehead atoms. The van der Waals surface area contributed by atoms with Gasteiger partial charge in [-0.05, 0) is 66.8 Å². The fourth-order valence-corrected chi connectivity index (χ4v) is 6.05. The highest BCUT2D eigenvalue weighted by Gasteiger charge is 2.36. The van der Waals surface area contributed by atoms with Gasteiger partial charge in [-0.15, -0.1) is 0 Å². The second-order valence-corrected chi connectivity index (χ2v) is 12.7. The first-order valence-corrected chi connectivity index (χ1v) is 16.3. The molecule has 0 saturated carbocycles. The summed E-state index contributed by atoms with van der Waals surface area (Å²) in [6.45, 7) is 5.91. The number of hydrogen-bond acceptors (Lipinski definition) is 8. The van der Waals surface area contributed by atoms with Gasteiger partial charge >= 0.3 is 5.97 Å². The van der Waals surface area contributed by atoms with E-state index in [4.69, 9.17) is 9.47 Å². The van der Waals surface area contributed by atoms with Crippen LogP contribution in [0.1, 0.15) is 69.6 Å². The number of aromatic hydroxyl groups is 1. The number of fused-ring (bicyclic) bond motifs is 4. The van der Waals surface area contributed by atoms with Gasteiger partial charge in [-0.25, -0.2) is 5.43 Å². The molecule has 4 N–H and O–H groups in total. The fourth-order valence-electron chi connectivity index (χ4n) is 6.05. The van der Waals surface area contributed by atoms with Crippen LogP contribution in [0.25, 0.3) is 0 Å². The number of cyclic esters (lactones) is 1. The second-order valence-electron chi connectivity index (χ2n) is 12.7. The number of rotatable bonds is 4. The van der Waals surface area contributed by atoms with E-state index >= 15 is 0 Å². The molecule has 2 aromatic carbocycles. The van der Waals surface area contributed by atoms with E-state index in [1.54, 1.807) is 26.2 Å². The zero-order valence-electron chi connectivity index (χ0n) is 27.3. The fraction of sp³-hybridized carbons (Fsp3) is 0.543. The third-order valence-electron chi connectivity index (χ3n) is 8.80. The molecule has 5 atom stereocenters. The van der Waals surface area contributed by atoms with Crippen LogP contribution in [-0.4, -0.2) is 71.7 Å². The summed E-state index contributed by atoms with van der Waals surface area (Å²) >= 11 is 0. The van der Waals surface area contributed by atoms with E-state index in [1.807, 2.05) is 38.1 Å². The number of methoxy groups -OCH3 is 1. The van der Waals surface area contributed by atoms with Crippen molar-refractivity contribution < 1.29 is 33.8 Å². The molecule has 2 aliphatic heterocycles. The number of esters is 1. The lowest BCUT2D eigenvalue weighted by molar-refractivity contribution is -0.154. The molecule has 0 radical (unpaired) electrons. The lowest BCUT2D eigenvalue weighted by atomic mass is 9.95. The largest absolute Gasteiger partial charge is 0.508 e. The van der Waals surface area contributed by atoms with Crippen LogP contribution < -0.4 is 16.1 Å². The average molecular weight is 637 g/mol. The number of benzene rings is 2. The van der Waals surface area contributed by atoms with E-state index in [2.05, 4.69) is 16.1 Å². The summed E-state index contributed by atoms with van der Waals surface area (Å²) < 4.78 is 11.4. The van der Waals surface area contributed by atoms with Gasteiger partial charge in [-0.1, -0.05) is 63.6 Å². The van der Waals surface area contributed by atoms with Crippen molar-refractivity contribution in [1.29, 1.82) is 0 Å². The number of carbonyl (C=O) groups is 4. The highest BCUT2D eigenvalue weighted by molar-refractivity contribution is 5.93. The summed E-state index contributed by atoms with van der Waals surface area (Å²) in [6, 6.07) is 11.8. The molecule has 0 spiro atoms. The monoisotopic (exact) mass is 636 g/mol. The van der Waals surface area contributed by atoms with Crippen LogP contribution in [0.2, 0.25) is 0 Å². The summed E-state index contributed by atoms with van der Waals surface area (Å²) in [5, 5.41) is 17.2. The quantitative estimate of drug-likeness (QED) is 0.375. The lowest BCUT2D eigenvalue weighted by Crippen LogP contribution is -2.62. The minimum atomic E-state index is -1.04. The molecule has 2 aliphatic rings. The van der Waals surface area contributed by atoms with Crippen molar-refractivity contribution in [2.45, 2.75) is 96.6 Å². The van der Waals surface area contributed by atoms with Gasteiger partial charge in [-0.3, -0.25) is 24.2 Å². The molecule has 2 heterocycles. The Morgan fingerprint density at radius 1 is 0.957 bits per heavy atom. The number of ether oxygens (including phenoxy) is 2. The third-order valence-corrected chi connectivity index (χ3v) is 8.80. The number of phenols is 1. The standard InChI is InChI=1S/C35H48N4O7/c1-22(2)31-33(42)36-29(20-25-12-8-14-27(40)19-25)34(43)39-17-9-15-28(38-39)35(44)46-21-26-13-7-11-24(18-26)10-5-6-16-30(45-4)23(3)32(41)37-31/h7-8,11-14,18-19,22-23,28-31,38,40H,5-6,9-10,15-17,20-21H2,1-4H3,(H,36,42)(H,37,41)/t23-,28+,29+,30-,31+/m1/s1. The first kappa shape index (κ1) is 34.9. The molecule has 0 aliphatic carbocycles. The summed E-state index contributed by atoms with van der Waals surface area (Å²) in [6.07, 6.45) is 4.04. The second kappa shape index (κ2) is 16.6. The van der Waals surface area contributed by atoms with Crippen LogP contribution in [0.3, 0.4) is 0 Å². The normalized spacial score (nSPS) is 25.9. The maximum absolute atomic E-state index is 14.0. The summed E-state index contributed by atoms with van der Waals surface area (Å²) in [4.78, 5) is 54.2. The Morgan fingerprint density at radius 3 is 2.46 bits per heavy atom. The number of nitrogens with zero attached hydrogens (tertiary/aromatic N) is 1. The SMILES string of the molecule is CO[C@@H]1CCCCc2cccc(c2)COC(=O)[C@@H]2CCCN(N2)C(=O)[C@H](Cc2cccc(O)c2)NC(=O)[C@H](C(C)C)NC(=O)[C@@H]1C. The first-order valence-electron chi connectivity index (χ1n) is 16.3. The Labute approximate surface area is 271 Å². The summed E-state index contributed by atoms with van der Waals surface area (Å²) in [7, 11) is 1.59. The van der Waals surface area contributed by atoms with Gasteiger partial charge in [0, 0.05) is 20.1 Å². The number of phenolic OH excluding ortho intramolecular Hbond substituents is 1. The van der Waals surface area contributed by atoms with Crippen molar-refractivity contribution >= 4 is 23.7 Å². The number of carbonyl (C=O) groups excluding carboxylic acids is 4. The Balaban J connectivity index is 1.62. The van der Waals surface area contributed by atoms with Gasteiger partial charge in [0.25, 0.3) is 5.91 Å². The van der Waals surface area contributed by atoms with E-state index in [-0.39, 0.29) is 36.7 Å². The van der Waals surface area contributed by atoms with Crippen molar-refractivity contribution in [3.8, 4) is 5.75 Å². The molecule has 46 heavy (non-hydrogen) atoms. The molecule has 0 aromatic heterocycles.